The number of carboxylic acids is 1. The number of carbonyl (C=O) groups is 1. The minimum atomic E-state index is -0.906. The summed E-state index contributed by atoms with van der Waals surface area (Å²) in [6, 6.07) is 13.2. The van der Waals surface area contributed by atoms with E-state index in [0.717, 1.165) is 16.9 Å². The molecule has 98 valence electrons. The molecule has 2 aromatic rings. The molecule has 2 rings (SSSR count). The fourth-order valence-corrected chi connectivity index (χ4v) is 2.07. The van der Waals surface area contributed by atoms with Crippen molar-refractivity contribution in [2.24, 2.45) is 0 Å². The van der Waals surface area contributed by atoms with Gasteiger partial charge in [-0.05, 0) is 49.2 Å². The van der Waals surface area contributed by atoms with Crippen molar-refractivity contribution in [1.29, 1.82) is 0 Å². The van der Waals surface area contributed by atoms with E-state index in [1.807, 2.05) is 31.9 Å². The normalized spacial score (nSPS) is 10.3. The molecular weight excluding hydrogens is 238 g/mol. The fraction of sp³-hybridized carbons (Fsp3) is 0.188. The van der Waals surface area contributed by atoms with Crippen LogP contribution in [0.1, 0.15) is 21.5 Å². The summed E-state index contributed by atoms with van der Waals surface area (Å²) in [7, 11) is 1.95. The van der Waals surface area contributed by atoms with E-state index in [1.165, 1.54) is 5.56 Å². The number of rotatable bonds is 3. The number of hydrogen-bond acceptors (Lipinski definition) is 2. The Morgan fingerprint density at radius 1 is 1.11 bits per heavy atom. The van der Waals surface area contributed by atoms with E-state index in [-0.39, 0.29) is 0 Å². The molecule has 3 heteroatoms. The summed E-state index contributed by atoms with van der Waals surface area (Å²) in [6.07, 6.45) is 0. The third-order valence-electron chi connectivity index (χ3n) is 3.21. The highest BCUT2D eigenvalue weighted by Gasteiger charge is 2.10. The summed E-state index contributed by atoms with van der Waals surface area (Å²) < 4.78 is 0. The van der Waals surface area contributed by atoms with E-state index < -0.39 is 5.97 Å². The highest BCUT2D eigenvalue weighted by atomic mass is 16.4. The maximum atomic E-state index is 11.0. The number of aromatic carboxylic acids is 1. The minimum absolute atomic E-state index is 0.301. The Morgan fingerprint density at radius 2 is 1.84 bits per heavy atom. The van der Waals surface area contributed by atoms with E-state index in [0.29, 0.717) is 5.56 Å². The largest absolute Gasteiger partial charge is 0.478 e. The Morgan fingerprint density at radius 3 is 2.53 bits per heavy atom. The van der Waals surface area contributed by atoms with Crippen molar-refractivity contribution >= 4 is 17.3 Å². The zero-order valence-corrected chi connectivity index (χ0v) is 11.3. The molecule has 0 bridgehead atoms. The third kappa shape index (κ3) is 2.76. The van der Waals surface area contributed by atoms with Gasteiger partial charge in [0, 0.05) is 18.4 Å². The summed E-state index contributed by atoms with van der Waals surface area (Å²) >= 11 is 0. The summed E-state index contributed by atoms with van der Waals surface area (Å²) in [4.78, 5) is 13.0. The van der Waals surface area contributed by atoms with Gasteiger partial charge in [0.15, 0.2) is 0 Å². The number of nitrogens with zero attached hydrogens (tertiary/aromatic N) is 1. The lowest BCUT2D eigenvalue weighted by atomic mass is 10.1. The molecule has 2 aromatic carbocycles. The van der Waals surface area contributed by atoms with Gasteiger partial charge in [-0.25, -0.2) is 4.79 Å². The van der Waals surface area contributed by atoms with Crippen LogP contribution in [0.15, 0.2) is 42.5 Å². The monoisotopic (exact) mass is 255 g/mol. The van der Waals surface area contributed by atoms with Gasteiger partial charge in [0.25, 0.3) is 0 Å². The Balaban J connectivity index is 2.43. The number of aryl methyl sites for hydroxylation is 2. The quantitative estimate of drug-likeness (QED) is 0.907. The van der Waals surface area contributed by atoms with Crippen LogP contribution in [0.4, 0.5) is 11.4 Å². The van der Waals surface area contributed by atoms with Crippen molar-refractivity contribution in [2.75, 3.05) is 11.9 Å². The second-order valence-corrected chi connectivity index (χ2v) is 4.70. The molecule has 0 spiro atoms. The first-order valence-corrected chi connectivity index (χ1v) is 6.13. The molecular formula is C16H17NO2. The topological polar surface area (TPSA) is 40.5 Å². The molecule has 1 N–H and O–H groups in total. The molecule has 0 aromatic heterocycles. The predicted octanol–water partition coefficient (Wildman–Crippen LogP) is 3.77. The van der Waals surface area contributed by atoms with E-state index in [4.69, 9.17) is 5.11 Å². The van der Waals surface area contributed by atoms with Crippen molar-refractivity contribution in [3.05, 3.63) is 59.2 Å². The van der Waals surface area contributed by atoms with Crippen molar-refractivity contribution < 1.29 is 9.90 Å². The first-order valence-electron chi connectivity index (χ1n) is 6.13. The molecule has 0 saturated heterocycles. The van der Waals surface area contributed by atoms with Gasteiger partial charge in [-0.1, -0.05) is 18.2 Å². The van der Waals surface area contributed by atoms with Crippen LogP contribution in [0.5, 0.6) is 0 Å². The molecule has 0 radical (unpaired) electrons. The van der Waals surface area contributed by atoms with Crippen molar-refractivity contribution in [3.8, 4) is 0 Å². The molecule has 0 amide bonds. The van der Waals surface area contributed by atoms with E-state index >= 15 is 0 Å². The Labute approximate surface area is 113 Å². The third-order valence-corrected chi connectivity index (χ3v) is 3.21. The van der Waals surface area contributed by atoms with Crippen LogP contribution in [0.2, 0.25) is 0 Å². The molecule has 0 aliphatic heterocycles. The molecule has 0 heterocycles. The summed E-state index contributed by atoms with van der Waals surface area (Å²) in [5.74, 6) is -0.906. The summed E-state index contributed by atoms with van der Waals surface area (Å²) in [5.41, 5.74) is 4.60. The molecule has 3 nitrogen and oxygen atoms in total. The van der Waals surface area contributed by atoms with Crippen molar-refractivity contribution in [1.82, 2.24) is 0 Å². The first kappa shape index (κ1) is 13.1. The smallest absolute Gasteiger partial charge is 0.335 e. The van der Waals surface area contributed by atoms with Crippen LogP contribution in [0.25, 0.3) is 0 Å². The average Bonchev–Trinajstić information content (AvgIpc) is 2.41. The molecule has 0 fully saturated rings. The SMILES string of the molecule is Cc1ccc(C)c(N(C)c2cccc(C(=O)O)c2)c1. The zero-order valence-electron chi connectivity index (χ0n) is 11.3. The van der Waals surface area contributed by atoms with E-state index in [9.17, 15) is 4.79 Å². The minimum Gasteiger partial charge on any atom is -0.478 e. The van der Waals surface area contributed by atoms with Gasteiger partial charge in [0.2, 0.25) is 0 Å². The lowest BCUT2D eigenvalue weighted by Crippen LogP contribution is -2.12. The van der Waals surface area contributed by atoms with E-state index in [2.05, 4.69) is 18.2 Å². The maximum absolute atomic E-state index is 11.0. The fourth-order valence-electron chi connectivity index (χ4n) is 2.07. The average molecular weight is 255 g/mol. The van der Waals surface area contributed by atoms with Gasteiger partial charge in [0.05, 0.1) is 5.56 Å². The summed E-state index contributed by atoms with van der Waals surface area (Å²) in [5, 5.41) is 9.04. The predicted molar refractivity (Wildman–Crippen MR) is 77.4 cm³/mol. The van der Waals surface area contributed by atoms with Crippen LogP contribution in [0.3, 0.4) is 0 Å². The van der Waals surface area contributed by atoms with Gasteiger partial charge < -0.3 is 10.0 Å². The van der Waals surface area contributed by atoms with Gasteiger partial charge >= 0.3 is 5.97 Å². The molecule has 0 aliphatic carbocycles. The van der Waals surface area contributed by atoms with Crippen molar-refractivity contribution in [2.45, 2.75) is 13.8 Å². The van der Waals surface area contributed by atoms with Gasteiger partial charge in [-0.2, -0.15) is 0 Å². The first-order chi connectivity index (χ1) is 8.99. The number of benzene rings is 2. The van der Waals surface area contributed by atoms with Crippen LogP contribution >= 0.6 is 0 Å². The standard InChI is InChI=1S/C16H17NO2/c1-11-7-8-12(2)15(9-11)17(3)14-6-4-5-13(10-14)16(18)19/h4-10H,1-3H3,(H,18,19). The lowest BCUT2D eigenvalue weighted by molar-refractivity contribution is 0.0697. The second-order valence-electron chi connectivity index (χ2n) is 4.70. The lowest BCUT2D eigenvalue weighted by Gasteiger charge is -2.22. The van der Waals surface area contributed by atoms with Gasteiger partial charge in [-0.15, -0.1) is 0 Å². The zero-order chi connectivity index (χ0) is 14.0. The highest BCUT2D eigenvalue weighted by molar-refractivity contribution is 5.89. The molecule has 0 saturated carbocycles. The van der Waals surface area contributed by atoms with Crippen LogP contribution < -0.4 is 4.90 Å². The maximum Gasteiger partial charge on any atom is 0.335 e. The van der Waals surface area contributed by atoms with Gasteiger partial charge in [-0.3, -0.25) is 0 Å². The van der Waals surface area contributed by atoms with E-state index in [1.54, 1.807) is 18.2 Å². The molecule has 19 heavy (non-hydrogen) atoms. The molecule has 0 unspecified atom stereocenters. The molecule has 0 aliphatic rings. The number of hydrogen-bond donors (Lipinski definition) is 1. The van der Waals surface area contributed by atoms with Crippen LogP contribution in [0, 0.1) is 13.8 Å². The second kappa shape index (κ2) is 5.14. The number of anilines is 2. The van der Waals surface area contributed by atoms with Gasteiger partial charge in [0.1, 0.15) is 0 Å². The van der Waals surface area contributed by atoms with Crippen LogP contribution in [-0.4, -0.2) is 18.1 Å². The molecule has 0 atom stereocenters. The Hall–Kier alpha value is -2.29. The highest BCUT2D eigenvalue weighted by Crippen LogP contribution is 2.28. The number of carboxylic acid groups (broad SMARTS) is 1. The Kier molecular flexibility index (Phi) is 3.56. The summed E-state index contributed by atoms with van der Waals surface area (Å²) in [6.45, 7) is 4.09. The Bertz CT molecular complexity index is 620. The van der Waals surface area contributed by atoms with Crippen molar-refractivity contribution in [3.63, 3.8) is 0 Å². The van der Waals surface area contributed by atoms with Crippen LogP contribution in [-0.2, 0) is 0 Å².